The van der Waals surface area contributed by atoms with E-state index in [1.807, 2.05) is 24.3 Å². The van der Waals surface area contributed by atoms with Gasteiger partial charge in [0.05, 0.1) is 6.04 Å². The molecule has 9 N–H and O–H groups in total. The van der Waals surface area contributed by atoms with Crippen molar-refractivity contribution in [2.45, 2.75) is 37.0 Å². The third-order valence-corrected chi connectivity index (χ3v) is 8.73. The van der Waals surface area contributed by atoms with Crippen molar-refractivity contribution in [2.75, 3.05) is 11.5 Å². The summed E-state index contributed by atoms with van der Waals surface area (Å²) in [6.07, 6.45) is 2.12. The normalized spacial score (nSPS) is 21.3. The van der Waals surface area contributed by atoms with Gasteiger partial charge in [-0.25, -0.2) is 0 Å². The third kappa shape index (κ3) is 7.46. The second kappa shape index (κ2) is 12.9. The van der Waals surface area contributed by atoms with Crippen LogP contribution in [-0.4, -0.2) is 69.4 Å². The number of phenols is 1. The lowest BCUT2D eigenvalue weighted by atomic mass is 10.0. The van der Waals surface area contributed by atoms with E-state index in [-0.39, 0.29) is 30.1 Å². The van der Waals surface area contributed by atoms with Gasteiger partial charge in [0.25, 0.3) is 0 Å². The van der Waals surface area contributed by atoms with Gasteiger partial charge in [-0.15, -0.1) is 0 Å². The van der Waals surface area contributed by atoms with Crippen molar-refractivity contribution in [2.24, 2.45) is 11.5 Å². The first-order chi connectivity index (χ1) is 18.7. The Labute approximate surface area is 232 Å². The molecule has 1 aromatic heterocycles. The standard InChI is InChI=1S/C26H30N6O5S2/c27-18(9-14-5-7-16(33)8-6-14)24(35)32-22-13-39-38-12-21(23(28)34)31-25(36)20(30-26(22)37)10-15-11-29-19-4-2-1-3-17(15)19/h1-8,11,18,20-22,29,33H,9-10,12-13,27H2,(H2,28,34)(H,30,37)(H,31,36)(H,32,35)/t18-,20-,21+,22+/m0/s1. The molecule has 0 saturated carbocycles. The number of carbonyl (C=O) groups excluding carboxylic acids is 4. The highest BCUT2D eigenvalue weighted by Gasteiger charge is 2.32. The maximum Gasteiger partial charge on any atom is 0.244 e. The molecule has 1 fully saturated rings. The molecule has 1 aliphatic heterocycles. The van der Waals surface area contributed by atoms with E-state index in [0.717, 1.165) is 22.0 Å². The zero-order valence-corrected chi connectivity index (χ0v) is 22.5. The fourth-order valence-electron chi connectivity index (χ4n) is 4.14. The first-order valence-corrected chi connectivity index (χ1v) is 14.7. The predicted octanol–water partition coefficient (Wildman–Crippen LogP) is 0.321. The molecule has 206 valence electrons. The van der Waals surface area contributed by atoms with Gasteiger partial charge < -0.3 is 37.5 Å². The van der Waals surface area contributed by atoms with Crippen molar-refractivity contribution < 1.29 is 24.3 Å². The lowest BCUT2D eigenvalue weighted by molar-refractivity contribution is -0.133. The highest BCUT2D eigenvalue weighted by Crippen LogP contribution is 2.24. The lowest BCUT2D eigenvalue weighted by Gasteiger charge is -2.24. The molecule has 13 heteroatoms. The Morgan fingerprint density at radius 1 is 1.03 bits per heavy atom. The molecule has 0 radical (unpaired) electrons. The summed E-state index contributed by atoms with van der Waals surface area (Å²) in [6.45, 7) is 0. The van der Waals surface area contributed by atoms with Gasteiger partial charge in [-0.2, -0.15) is 0 Å². The number of hydrogen-bond donors (Lipinski definition) is 7. The second-order valence-electron chi connectivity index (χ2n) is 9.20. The van der Waals surface area contributed by atoms with E-state index in [1.165, 1.54) is 33.7 Å². The summed E-state index contributed by atoms with van der Waals surface area (Å²) in [5.74, 6) is -1.85. The molecule has 4 amide bonds. The second-order valence-corrected chi connectivity index (χ2v) is 11.7. The first-order valence-electron chi connectivity index (χ1n) is 12.2. The van der Waals surface area contributed by atoms with Crippen LogP contribution in [-0.2, 0) is 32.0 Å². The van der Waals surface area contributed by atoms with Gasteiger partial charge in [0.1, 0.15) is 23.9 Å². The number of nitrogens with one attached hydrogen (secondary N) is 4. The monoisotopic (exact) mass is 570 g/mol. The predicted molar refractivity (Wildman–Crippen MR) is 152 cm³/mol. The summed E-state index contributed by atoms with van der Waals surface area (Å²) in [7, 11) is 2.53. The molecule has 4 rings (SSSR count). The van der Waals surface area contributed by atoms with Crippen molar-refractivity contribution in [1.29, 1.82) is 0 Å². The summed E-state index contributed by atoms with van der Waals surface area (Å²) < 4.78 is 0. The van der Waals surface area contributed by atoms with Crippen LogP contribution in [0.2, 0.25) is 0 Å². The Hall–Kier alpha value is -3.68. The number of rotatable bonds is 7. The fourth-order valence-corrected chi connectivity index (χ4v) is 6.48. The zero-order chi connectivity index (χ0) is 27.9. The van der Waals surface area contributed by atoms with E-state index in [0.29, 0.717) is 0 Å². The summed E-state index contributed by atoms with van der Waals surface area (Å²) in [5.41, 5.74) is 14.0. The molecule has 4 atom stereocenters. The van der Waals surface area contributed by atoms with E-state index < -0.39 is 47.8 Å². The van der Waals surface area contributed by atoms with E-state index in [1.54, 1.807) is 18.3 Å². The number of H-pyrrole nitrogens is 1. The van der Waals surface area contributed by atoms with Crippen LogP contribution in [0.3, 0.4) is 0 Å². The number of hydrogen-bond acceptors (Lipinski definition) is 8. The molecule has 2 heterocycles. The SMILES string of the molecule is NC(=O)[C@H]1CSSC[C@@H](NC(=O)[C@@H](N)Cc2ccc(O)cc2)C(=O)N[C@@H](Cc2c[nH]c3ccccc23)C(=O)N1. The molecule has 3 aromatic rings. The molecule has 1 aliphatic rings. The number of fused-ring (bicyclic) bond motifs is 1. The molecule has 11 nitrogen and oxygen atoms in total. The molecule has 39 heavy (non-hydrogen) atoms. The number of aromatic amines is 1. The Bertz CT molecular complexity index is 1350. The number of aromatic nitrogens is 1. The van der Waals surface area contributed by atoms with Gasteiger partial charge in [0.15, 0.2) is 0 Å². The minimum absolute atomic E-state index is 0.102. The minimum Gasteiger partial charge on any atom is -0.508 e. The van der Waals surface area contributed by atoms with E-state index >= 15 is 0 Å². The number of carbonyl (C=O) groups is 4. The minimum atomic E-state index is -1.03. The highest BCUT2D eigenvalue weighted by atomic mass is 33.1. The van der Waals surface area contributed by atoms with Gasteiger partial charge in [0, 0.05) is 35.0 Å². The van der Waals surface area contributed by atoms with Crippen LogP contribution >= 0.6 is 21.6 Å². The maximum absolute atomic E-state index is 13.4. The van der Waals surface area contributed by atoms with Crippen molar-refractivity contribution in [3.63, 3.8) is 0 Å². The summed E-state index contributed by atoms with van der Waals surface area (Å²) in [5, 5.41) is 18.5. The van der Waals surface area contributed by atoms with Crippen molar-refractivity contribution in [3.05, 3.63) is 65.9 Å². The molecular formula is C26H30N6O5S2. The van der Waals surface area contributed by atoms with Gasteiger partial charge in [0.2, 0.25) is 23.6 Å². The molecule has 0 spiro atoms. The van der Waals surface area contributed by atoms with E-state index in [4.69, 9.17) is 11.5 Å². The average Bonchev–Trinajstić information content (AvgIpc) is 3.31. The molecule has 0 unspecified atom stereocenters. The van der Waals surface area contributed by atoms with Gasteiger partial charge >= 0.3 is 0 Å². The molecule has 0 aliphatic carbocycles. The molecule has 2 aromatic carbocycles. The summed E-state index contributed by atoms with van der Waals surface area (Å²) in [4.78, 5) is 54.6. The van der Waals surface area contributed by atoms with Crippen LogP contribution in [0.4, 0.5) is 0 Å². The van der Waals surface area contributed by atoms with Crippen LogP contribution in [0.5, 0.6) is 5.75 Å². The number of nitrogens with two attached hydrogens (primary N) is 2. The molecular weight excluding hydrogens is 540 g/mol. The molecule has 0 bridgehead atoms. The van der Waals surface area contributed by atoms with Gasteiger partial charge in [-0.3, -0.25) is 19.2 Å². The lowest BCUT2D eigenvalue weighted by Crippen LogP contribution is -2.58. The van der Waals surface area contributed by atoms with Crippen molar-refractivity contribution in [1.82, 2.24) is 20.9 Å². The average molecular weight is 571 g/mol. The number of aromatic hydroxyl groups is 1. The summed E-state index contributed by atoms with van der Waals surface area (Å²) in [6, 6.07) is 10.0. The maximum atomic E-state index is 13.4. The Morgan fingerprint density at radius 3 is 2.49 bits per heavy atom. The zero-order valence-electron chi connectivity index (χ0n) is 20.9. The number of benzene rings is 2. The quantitative estimate of drug-likeness (QED) is 0.197. The Balaban J connectivity index is 1.52. The Kier molecular flexibility index (Phi) is 9.38. The van der Waals surface area contributed by atoms with Crippen molar-refractivity contribution >= 4 is 56.1 Å². The fraction of sp³-hybridized carbons (Fsp3) is 0.308. The Morgan fingerprint density at radius 2 is 1.74 bits per heavy atom. The van der Waals surface area contributed by atoms with Crippen LogP contribution in [0.25, 0.3) is 10.9 Å². The third-order valence-electron chi connectivity index (χ3n) is 6.31. The topological polar surface area (TPSA) is 192 Å². The highest BCUT2D eigenvalue weighted by molar-refractivity contribution is 8.76. The van der Waals surface area contributed by atoms with Crippen LogP contribution in [0.1, 0.15) is 11.1 Å². The summed E-state index contributed by atoms with van der Waals surface area (Å²) >= 11 is 0. The number of primary amides is 1. The molecule has 1 saturated heterocycles. The largest absolute Gasteiger partial charge is 0.508 e. The van der Waals surface area contributed by atoms with Gasteiger partial charge in [-0.1, -0.05) is 51.9 Å². The smallest absolute Gasteiger partial charge is 0.244 e. The van der Waals surface area contributed by atoms with Crippen LogP contribution < -0.4 is 27.4 Å². The first kappa shape index (κ1) is 28.3. The van der Waals surface area contributed by atoms with E-state index in [9.17, 15) is 24.3 Å². The number of phenolic OH excluding ortho intramolecular Hbond substituents is 1. The van der Waals surface area contributed by atoms with Crippen LogP contribution in [0.15, 0.2) is 54.7 Å². The van der Waals surface area contributed by atoms with E-state index in [2.05, 4.69) is 20.9 Å². The van der Waals surface area contributed by atoms with Crippen LogP contribution in [0, 0.1) is 0 Å². The van der Waals surface area contributed by atoms with Crippen molar-refractivity contribution in [3.8, 4) is 5.75 Å². The van der Waals surface area contributed by atoms with Gasteiger partial charge in [-0.05, 0) is 35.7 Å². The number of amides is 4. The number of para-hydroxylation sites is 1.